The first kappa shape index (κ1) is 46.3. The molecule has 0 bridgehead atoms. The van der Waals surface area contributed by atoms with Crippen molar-refractivity contribution in [1.29, 1.82) is 0 Å². The molecule has 354 valence electrons. The van der Waals surface area contributed by atoms with Crippen LogP contribution >= 0.6 is 0 Å². The van der Waals surface area contributed by atoms with E-state index in [9.17, 15) is 24.0 Å². The zero-order valence-corrected chi connectivity index (χ0v) is 38.9. The molecule has 69 heavy (non-hydrogen) atoms. The number of amides is 5. The summed E-state index contributed by atoms with van der Waals surface area (Å²) in [5.74, 6) is 1.49. The van der Waals surface area contributed by atoms with E-state index < -0.39 is 0 Å². The van der Waals surface area contributed by atoms with Crippen LogP contribution in [0.15, 0.2) is 107 Å². The lowest BCUT2D eigenvalue weighted by molar-refractivity contribution is -0.136. The van der Waals surface area contributed by atoms with E-state index in [2.05, 4.69) is 5.32 Å². The maximum absolute atomic E-state index is 14.0. The van der Waals surface area contributed by atoms with Gasteiger partial charge in [0.1, 0.15) is 11.5 Å². The van der Waals surface area contributed by atoms with E-state index >= 15 is 0 Å². The quantitative estimate of drug-likeness (QED) is 0.0713. The molecule has 2 atom stereocenters. The summed E-state index contributed by atoms with van der Waals surface area (Å²) < 4.78 is 23.4. The van der Waals surface area contributed by atoms with E-state index in [0.717, 1.165) is 59.3 Å². The van der Waals surface area contributed by atoms with Crippen molar-refractivity contribution in [1.82, 2.24) is 14.7 Å². The first-order chi connectivity index (χ1) is 33.6. The zero-order chi connectivity index (χ0) is 48.0. The molecule has 0 saturated carbocycles. The molecule has 0 fully saturated rings. The molecule has 5 amide bonds. The van der Waals surface area contributed by atoms with Crippen LogP contribution in [-0.2, 0) is 14.4 Å². The number of unbranched alkanes of at least 4 members (excludes halogenated alkanes) is 4. The number of carbonyl (C=O) groups excluding carboxylic acids is 5. The van der Waals surface area contributed by atoms with Crippen LogP contribution in [0.25, 0.3) is 11.1 Å². The topological polar surface area (TPSA) is 169 Å². The van der Waals surface area contributed by atoms with Crippen LogP contribution in [0, 0.1) is 6.92 Å². The monoisotopic (exact) mass is 930 g/mol. The molecule has 5 aliphatic heterocycles. The molecule has 0 aromatic heterocycles. The standard InChI is InChI=1S/C54H54N6O9/c1-34-24-43-45(55-30-40-26-38(33-59(40)53(43)64)36-13-17-42(66-2)18-14-36)28-47(34)68-22-8-5-9-23-69-49-29-46-44(27-48(49)67-3)54(65)60-32-37(25-41(60)31-56-46)35-11-15-39(16-12-35)57-50(61)10-6-4-7-21-58-51(62)19-20-52(58)63/h11-20,24,27-33,40-41H,4-10,21-23,25-26H2,1-3H3,(H,57,61)/t40-,41-/m0/s1. The molecule has 15 nitrogen and oxygen atoms in total. The van der Waals surface area contributed by atoms with Gasteiger partial charge in [0, 0.05) is 80.6 Å². The van der Waals surface area contributed by atoms with Crippen molar-refractivity contribution >= 4 is 70.2 Å². The van der Waals surface area contributed by atoms with Gasteiger partial charge in [-0.05, 0) is 103 Å². The second kappa shape index (κ2) is 20.6. The maximum atomic E-state index is 14.0. The minimum absolute atomic E-state index is 0.0819. The first-order valence-electron chi connectivity index (χ1n) is 23.4. The summed E-state index contributed by atoms with van der Waals surface area (Å²) in [7, 11) is 3.19. The van der Waals surface area contributed by atoms with Crippen molar-refractivity contribution in [2.45, 2.75) is 76.8 Å². The largest absolute Gasteiger partial charge is 0.497 e. The van der Waals surface area contributed by atoms with E-state index in [0.29, 0.717) is 97.3 Å². The van der Waals surface area contributed by atoms with Gasteiger partial charge in [0.2, 0.25) is 5.91 Å². The summed E-state index contributed by atoms with van der Waals surface area (Å²) in [5, 5.41) is 2.93. The third kappa shape index (κ3) is 10.2. The Morgan fingerprint density at radius 3 is 1.78 bits per heavy atom. The highest BCUT2D eigenvalue weighted by molar-refractivity contribution is 6.13. The van der Waals surface area contributed by atoms with Gasteiger partial charge in [0.15, 0.2) is 11.5 Å². The molecule has 0 unspecified atom stereocenters. The summed E-state index contributed by atoms with van der Waals surface area (Å²) in [6.45, 7) is 3.22. The van der Waals surface area contributed by atoms with E-state index in [4.69, 9.17) is 28.9 Å². The number of carbonyl (C=O) groups is 5. The van der Waals surface area contributed by atoms with Gasteiger partial charge in [0.05, 0.1) is 62.0 Å². The van der Waals surface area contributed by atoms with Crippen LogP contribution in [0.5, 0.6) is 23.0 Å². The molecule has 1 N–H and O–H groups in total. The van der Waals surface area contributed by atoms with E-state index in [1.54, 1.807) is 42.4 Å². The van der Waals surface area contributed by atoms with Gasteiger partial charge in [0.25, 0.3) is 23.6 Å². The number of aryl methyl sites for hydroxylation is 1. The van der Waals surface area contributed by atoms with Gasteiger partial charge in [-0.15, -0.1) is 0 Å². The molecule has 4 aromatic carbocycles. The first-order valence-corrected chi connectivity index (χ1v) is 23.4. The fourth-order valence-electron chi connectivity index (χ4n) is 9.08. The Bertz CT molecular complexity index is 2810. The number of aliphatic imine (C=N–C) groups is 2. The highest BCUT2D eigenvalue weighted by Crippen LogP contribution is 2.41. The summed E-state index contributed by atoms with van der Waals surface area (Å²) >= 11 is 0. The molecule has 0 aliphatic carbocycles. The fraction of sp³-hybridized carbons (Fsp3) is 0.315. The number of rotatable bonds is 19. The van der Waals surface area contributed by atoms with Gasteiger partial charge in [-0.25, -0.2) is 0 Å². The van der Waals surface area contributed by atoms with Crippen LogP contribution in [0.4, 0.5) is 17.1 Å². The number of ether oxygens (including phenoxy) is 4. The summed E-state index contributed by atoms with van der Waals surface area (Å²) in [4.78, 5) is 77.8. The lowest BCUT2D eigenvalue weighted by Crippen LogP contribution is -2.32. The Labute approximate surface area is 400 Å². The molecule has 15 heteroatoms. The van der Waals surface area contributed by atoms with Crippen molar-refractivity contribution in [3.05, 3.63) is 125 Å². The van der Waals surface area contributed by atoms with Gasteiger partial charge in [-0.3, -0.25) is 38.9 Å². The SMILES string of the molecule is COc1ccc(C2=CN3C(=O)c4cc(C)c(OCCCCCOc5cc6c(cc5OC)C(=O)N5C=C(c7ccc(NC(=O)CCCCCN8C(=O)C=CC8=O)cc7)C[C@H]5C=N6)cc4N=C[C@@H]3C2)cc1. The fourth-order valence-corrected chi connectivity index (χ4v) is 9.08. The van der Waals surface area contributed by atoms with Crippen molar-refractivity contribution in [2.75, 3.05) is 39.3 Å². The number of nitrogens with zero attached hydrogens (tertiary/aromatic N) is 5. The Morgan fingerprint density at radius 1 is 0.638 bits per heavy atom. The Balaban J connectivity index is 0.722. The average molecular weight is 931 g/mol. The molecule has 0 spiro atoms. The summed E-state index contributed by atoms with van der Waals surface area (Å²) in [6.07, 6.45) is 16.0. The number of hydrogen-bond acceptors (Lipinski definition) is 11. The highest BCUT2D eigenvalue weighted by Gasteiger charge is 2.35. The van der Waals surface area contributed by atoms with Gasteiger partial charge >= 0.3 is 0 Å². The van der Waals surface area contributed by atoms with Crippen LogP contribution in [-0.4, -0.2) is 103 Å². The Morgan fingerprint density at radius 2 is 1.19 bits per heavy atom. The second-order valence-electron chi connectivity index (χ2n) is 17.6. The molecule has 5 aliphatic rings. The molecule has 0 radical (unpaired) electrons. The number of hydrogen-bond donors (Lipinski definition) is 1. The molecule has 5 heterocycles. The lowest BCUT2D eigenvalue weighted by Gasteiger charge is -2.19. The van der Waals surface area contributed by atoms with Crippen LogP contribution in [0.1, 0.15) is 95.2 Å². The number of fused-ring (bicyclic) bond motifs is 4. The summed E-state index contributed by atoms with van der Waals surface area (Å²) in [6, 6.07) is 22.2. The average Bonchev–Trinajstić information content (AvgIpc) is 4.04. The van der Waals surface area contributed by atoms with Crippen molar-refractivity contribution in [3.8, 4) is 23.0 Å². The molecular formula is C54H54N6O9. The lowest BCUT2D eigenvalue weighted by atomic mass is 10.0. The predicted molar refractivity (Wildman–Crippen MR) is 263 cm³/mol. The Hall–Kier alpha value is -7.81. The minimum Gasteiger partial charge on any atom is -0.497 e. The van der Waals surface area contributed by atoms with Gasteiger partial charge in [-0.2, -0.15) is 0 Å². The maximum Gasteiger partial charge on any atom is 0.260 e. The highest BCUT2D eigenvalue weighted by atomic mass is 16.5. The molecule has 4 aromatic rings. The smallest absolute Gasteiger partial charge is 0.260 e. The minimum atomic E-state index is -0.290. The van der Waals surface area contributed by atoms with E-state index in [1.807, 2.05) is 86.2 Å². The van der Waals surface area contributed by atoms with Crippen LogP contribution < -0.4 is 24.3 Å². The van der Waals surface area contributed by atoms with Crippen molar-refractivity contribution < 1.29 is 42.9 Å². The Kier molecular flexibility index (Phi) is 13.8. The van der Waals surface area contributed by atoms with Gasteiger partial charge in [-0.1, -0.05) is 30.7 Å². The third-order valence-electron chi connectivity index (χ3n) is 12.9. The van der Waals surface area contributed by atoms with Crippen molar-refractivity contribution in [2.24, 2.45) is 9.98 Å². The number of nitrogens with one attached hydrogen (secondary N) is 1. The normalized spacial score (nSPS) is 17.8. The number of benzene rings is 4. The van der Waals surface area contributed by atoms with E-state index in [-0.39, 0.29) is 41.6 Å². The summed E-state index contributed by atoms with van der Waals surface area (Å²) in [5.41, 5.74) is 7.66. The van der Waals surface area contributed by atoms with Gasteiger partial charge < -0.3 is 34.1 Å². The molecular weight excluding hydrogens is 877 g/mol. The molecule has 9 rings (SSSR count). The van der Waals surface area contributed by atoms with Crippen LogP contribution in [0.3, 0.4) is 0 Å². The van der Waals surface area contributed by atoms with E-state index in [1.165, 1.54) is 17.1 Å². The number of methoxy groups -OCH3 is 2. The van der Waals surface area contributed by atoms with Crippen LogP contribution in [0.2, 0.25) is 0 Å². The second-order valence-corrected chi connectivity index (χ2v) is 17.6. The zero-order valence-electron chi connectivity index (χ0n) is 38.9. The van der Waals surface area contributed by atoms with Crippen molar-refractivity contribution in [3.63, 3.8) is 0 Å². The third-order valence-corrected chi connectivity index (χ3v) is 12.9. The predicted octanol–water partition coefficient (Wildman–Crippen LogP) is 9.01. The molecule has 0 saturated heterocycles. The number of anilines is 1. The number of imide groups is 1.